The van der Waals surface area contributed by atoms with Crippen molar-refractivity contribution in [2.45, 2.75) is 36.3 Å². The Hall–Kier alpha value is -5.09. The fourth-order valence-corrected chi connectivity index (χ4v) is 5.77. The lowest BCUT2D eigenvalue weighted by Crippen LogP contribution is -2.47. The van der Waals surface area contributed by atoms with Crippen LogP contribution in [0.15, 0.2) is 91.3 Å². The highest BCUT2D eigenvalue weighted by Gasteiger charge is 2.66. The maximum Gasteiger partial charge on any atom is 0.264 e. The molecule has 1 aliphatic rings. The average molecular weight is 628 g/mol. The van der Waals surface area contributed by atoms with Gasteiger partial charge in [0.2, 0.25) is 17.5 Å². The molecule has 10 nitrogen and oxygen atoms in total. The number of benzene rings is 3. The van der Waals surface area contributed by atoms with E-state index >= 15 is 8.78 Å². The molecule has 12 heteroatoms. The molecule has 3 aromatic carbocycles. The van der Waals surface area contributed by atoms with E-state index in [-0.39, 0.29) is 29.6 Å². The fourth-order valence-electron chi connectivity index (χ4n) is 5.77. The molecule has 3 heterocycles. The van der Waals surface area contributed by atoms with Crippen LogP contribution in [0.3, 0.4) is 0 Å². The van der Waals surface area contributed by atoms with Crippen LogP contribution in [-0.4, -0.2) is 67.7 Å². The molecule has 1 fully saturated rings. The van der Waals surface area contributed by atoms with E-state index in [0.717, 1.165) is 27.6 Å². The molecule has 1 aliphatic heterocycles. The third-order valence-electron chi connectivity index (χ3n) is 8.07. The molecule has 0 saturated carbocycles. The van der Waals surface area contributed by atoms with Crippen LogP contribution in [0, 0.1) is 12.3 Å². The lowest BCUT2D eigenvalue weighted by Gasteiger charge is -2.37. The van der Waals surface area contributed by atoms with Crippen molar-refractivity contribution in [1.82, 2.24) is 19.5 Å². The molecule has 2 aromatic heterocycles. The van der Waals surface area contributed by atoms with Crippen LogP contribution < -0.4 is 14.8 Å². The van der Waals surface area contributed by atoms with Crippen LogP contribution in [0.1, 0.15) is 29.8 Å². The number of methoxy groups -OCH3 is 1. The number of aliphatic hydroxyl groups excluding tert-OH is 2. The third-order valence-corrected chi connectivity index (χ3v) is 8.07. The van der Waals surface area contributed by atoms with Gasteiger partial charge in [0.25, 0.3) is 5.85 Å². The Morgan fingerprint density at radius 1 is 1.00 bits per heavy atom. The van der Waals surface area contributed by atoms with Gasteiger partial charge in [0.05, 0.1) is 20.0 Å². The zero-order valence-corrected chi connectivity index (χ0v) is 25.0. The van der Waals surface area contributed by atoms with E-state index in [1.807, 2.05) is 90.8 Å². The van der Waals surface area contributed by atoms with Gasteiger partial charge < -0.3 is 29.7 Å². The number of imidazole rings is 1. The molecule has 236 valence electrons. The van der Waals surface area contributed by atoms with Gasteiger partial charge in [-0.2, -0.15) is 9.97 Å². The number of nitrogens with one attached hydrogen (secondary N) is 1. The number of aliphatic hydroxyl groups is 2. The quantitative estimate of drug-likeness (QED) is 0.151. The molecule has 46 heavy (non-hydrogen) atoms. The summed E-state index contributed by atoms with van der Waals surface area (Å²) in [6.07, 6.45) is 2.15. The van der Waals surface area contributed by atoms with E-state index in [1.54, 1.807) is 14.0 Å². The van der Waals surface area contributed by atoms with Gasteiger partial charge >= 0.3 is 0 Å². The molecule has 4 atom stereocenters. The number of hydrogen-bond donors (Lipinski definition) is 3. The molecule has 0 unspecified atom stereocenters. The summed E-state index contributed by atoms with van der Waals surface area (Å²) in [6.45, 7) is 0.621. The first kappa shape index (κ1) is 30.9. The van der Waals surface area contributed by atoms with Crippen LogP contribution in [0.25, 0.3) is 11.2 Å². The first-order valence-electron chi connectivity index (χ1n) is 14.5. The van der Waals surface area contributed by atoms with Crippen LogP contribution in [0.5, 0.6) is 11.6 Å². The zero-order valence-electron chi connectivity index (χ0n) is 25.0. The van der Waals surface area contributed by atoms with E-state index < -0.39 is 36.0 Å². The van der Waals surface area contributed by atoms with Crippen molar-refractivity contribution in [2.75, 3.05) is 25.6 Å². The number of fused-ring (bicyclic) bond motifs is 1. The maximum atomic E-state index is 16.1. The van der Waals surface area contributed by atoms with E-state index in [2.05, 4.69) is 15.3 Å². The van der Waals surface area contributed by atoms with E-state index in [4.69, 9.17) is 25.6 Å². The summed E-state index contributed by atoms with van der Waals surface area (Å²) in [5, 5.41) is 23.6. The molecular weight excluding hydrogens is 596 g/mol. The second-order valence-corrected chi connectivity index (χ2v) is 10.7. The Morgan fingerprint density at radius 2 is 1.61 bits per heavy atom. The SMILES string of the molecule is C#C[C@]1(F)[C@H](n2cnc3c(OCC)nc(NC(c4ccccc4)(c4ccccc4)c4ccc(OC)cc4)nc32)O[C@](F)(CO)[C@H]1O. The minimum absolute atomic E-state index is 0.0256. The number of halogens is 2. The van der Waals surface area contributed by atoms with Gasteiger partial charge in [0.1, 0.15) is 17.9 Å². The zero-order chi connectivity index (χ0) is 32.5. The lowest BCUT2D eigenvalue weighted by atomic mass is 9.77. The van der Waals surface area contributed by atoms with Gasteiger partial charge in [-0.3, -0.25) is 4.57 Å². The van der Waals surface area contributed by atoms with Gasteiger partial charge in [-0.25, -0.2) is 13.8 Å². The molecule has 3 N–H and O–H groups in total. The summed E-state index contributed by atoms with van der Waals surface area (Å²) in [5.74, 6) is -0.618. The highest BCUT2D eigenvalue weighted by molar-refractivity contribution is 5.78. The number of nitrogens with zero attached hydrogens (tertiary/aromatic N) is 4. The van der Waals surface area contributed by atoms with Crippen molar-refractivity contribution in [2.24, 2.45) is 0 Å². The van der Waals surface area contributed by atoms with Crippen molar-refractivity contribution in [3.8, 4) is 24.0 Å². The van der Waals surface area contributed by atoms with E-state index in [1.165, 1.54) is 0 Å². The molecular formula is C34H31F2N5O5. The van der Waals surface area contributed by atoms with Gasteiger partial charge in [-0.15, -0.1) is 6.42 Å². The summed E-state index contributed by atoms with van der Waals surface area (Å²) < 4.78 is 49.0. The van der Waals surface area contributed by atoms with Crippen LogP contribution >= 0.6 is 0 Å². The van der Waals surface area contributed by atoms with Gasteiger partial charge in [-0.05, 0) is 35.7 Å². The lowest BCUT2D eigenvalue weighted by molar-refractivity contribution is -0.206. The molecule has 0 spiro atoms. The number of ether oxygens (including phenoxy) is 3. The first-order chi connectivity index (χ1) is 22.2. The van der Waals surface area contributed by atoms with Crippen LogP contribution in [0.2, 0.25) is 0 Å². The second-order valence-electron chi connectivity index (χ2n) is 10.7. The molecule has 1 saturated heterocycles. The minimum Gasteiger partial charge on any atom is -0.497 e. The predicted octanol–water partition coefficient (Wildman–Crippen LogP) is 4.53. The highest BCUT2D eigenvalue weighted by atomic mass is 19.2. The van der Waals surface area contributed by atoms with Gasteiger partial charge in [-0.1, -0.05) is 78.7 Å². The molecule has 0 amide bonds. The molecule has 0 aliphatic carbocycles. The molecule has 0 radical (unpaired) electrons. The van der Waals surface area contributed by atoms with Crippen LogP contribution in [0.4, 0.5) is 14.7 Å². The number of aromatic nitrogens is 4. The minimum atomic E-state index is -3.18. The Labute approximate surface area is 263 Å². The van der Waals surface area contributed by atoms with E-state index in [9.17, 15) is 10.2 Å². The maximum absolute atomic E-state index is 16.1. The van der Waals surface area contributed by atoms with Crippen LogP contribution in [-0.2, 0) is 10.3 Å². The number of terminal acetylenes is 1. The topological polar surface area (TPSA) is 124 Å². The number of hydrogen-bond acceptors (Lipinski definition) is 9. The molecule has 6 rings (SSSR count). The number of alkyl halides is 2. The van der Waals surface area contributed by atoms with E-state index in [0.29, 0.717) is 5.75 Å². The van der Waals surface area contributed by atoms with Gasteiger partial charge in [0, 0.05) is 0 Å². The number of anilines is 1. The third kappa shape index (κ3) is 4.89. The summed E-state index contributed by atoms with van der Waals surface area (Å²) in [6, 6.07) is 26.8. The van der Waals surface area contributed by atoms with Gasteiger partial charge in [0.15, 0.2) is 23.5 Å². The van der Waals surface area contributed by atoms with Crippen molar-refractivity contribution >= 4 is 17.1 Å². The van der Waals surface area contributed by atoms with Crippen molar-refractivity contribution in [3.63, 3.8) is 0 Å². The highest BCUT2D eigenvalue weighted by Crippen LogP contribution is 2.48. The first-order valence-corrected chi connectivity index (χ1v) is 14.5. The average Bonchev–Trinajstić information content (AvgIpc) is 3.61. The summed E-state index contributed by atoms with van der Waals surface area (Å²) in [7, 11) is 1.59. The van der Waals surface area contributed by atoms with Crippen molar-refractivity contribution < 1.29 is 33.2 Å². The normalized spacial score (nSPS) is 22.8. The monoisotopic (exact) mass is 627 g/mol. The molecule has 5 aromatic rings. The predicted molar refractivity (Wildman–Crippen MR) is 166 cm³/mol. The Bertz CT molecular complexity index is 1830. The van der Waals surface area contributed by atoms with Crippen molar-refractivity contribution in [3.05, 3.63) is 108 Å². The molecule has 0 bridgehead atoms. The Balaban J connectivity index is 1.59. The second kappa shape index (κ2) is 12.0. The number of rotatable bonds is 10. The fraction of sp³-hybridized carbons (Fsp3) is 0.265. The summed E-state index contributed by atoms with van der Waals surface area (Å²) in [5.41, 5.74) is -1.61. The van der Waals surface area contributed by atoms with Crippen molar-refractivity contribution in [1.29, 1.82) is 0 Å². The summed E-state index contributed by atoms with van der Waals surface area (Å²) >= 11 is 0. The summed E-state index contributed by atoms with van der Waals surface area (Å²) in [4.78, 5) is 13.7. The Morgan fingerprint density at radius 3 is 2.15 bits per heavy atom. The largest absolute Gasteiger partial charge is 0.497 e. The smallest absolute Gasteiger partial charge is 0.264 e. The standard InChI is InChI=1S/C34H31F2N5O5/c1-4-32(35)29(43)33(36,20-42)46-30(32)41-21-37-26-27(41)38-31(39-28(26)45-5-2)40-34(22-12-8-6-9-13-22,23-14-10-7-11-15-23)24-16-18-25(44-3)19-17-24/h1,6-19,21,29-30,42-43H,5,20H2,2-3H3,(H,38,39,40)/t29-,30+,32+,33+/m0/s1. The Kier molecular flexibility index (Phi) is 8.08.